The first-order chi connectivity index (χ1) is 7.81. The van der Waals surface area contributed by atoms with Gasteiger partial charge < -0.3 is 0 Å². The number of hydrogen-bond acceptors (Lipinski definition) is 4. The van der Waals surface area contributed by atoms with Gasteiger partial charge in [0, 0.05) is 18.0 Å². The number of fused-ring (bicyclic) bond motifs is 1. The third-order valence-corrected chi connectivity index (χ3v) is 4.11. The second-order valence-corrected chi connectivity index (χ2v) is 5.85. The lowest BCUT2D eigenvalue weighted by Gasteiger charge is -1.97. The molecule has 0 amide bonds. The molecule has 0 aliphatic heterocycles. The summed E-state index contributed by atoms with van der Waals surface area (Å²) in [6.45, 7) is 2.05. The molecule has 3 rings (SSSR count). The molecule has 4 heteroatoms. The molecule has 0 radical (unpaired) electrons. The van der Waals surface area contributed by atoms with Gasteiger partial charge >= 0.3 is 0 Å². The fourth-order valence-corrected chi connectivity index (χ4v) is 3.25. The summed E-state index contributed by atoms with van der Waals surface area (Å²) in [6.07, 6.45) is 2.78. The predicted molar refractivity (Wildman–Crippen MR) is 69.3 cm³/mol. The van der Waals surface area contributed by atoms with Crippen LogP contribution in [0.15, 0.2) is 29.8 Å². The minimum absolute atomic E-state index is 0.921. The van der Waals surface area contributed by atoms with Gasteiger partial charge in [0.15, 0.2) is 0 Å². The highest BCUT2D eigenvalue weighted by molar-refractivity contribution is 7.18. The maximum atomic E-state index is 4.46. The number of aryl methyl sites for hydroxylation is 1. The number of hydrogen-bond donors (Lipinski definition) is 0. The van der Waals surface area contributed by atoms with Crippen molar-refractivity contribution >= 4 is 32.9 Å². The van der Waals surface area contributed by atoms with E-state index in [0.717, 1.165) is 16.9 Å². The third kappa shape index (κ3) is 1.86. The highest BCUT2D eigenvalue weighted by Gasteiger charge is 2.03. The number of aromatic nitrogens is 2. The van der Waals surface area contributed by atoms with Crippen molar-refractivity contribution < 1.29 is 0 Å². The Labute approximate surface area is 102 Å². The molecule has 1 aromatic carbocycles. The maximum absolute atomic E-state index is 4.46. The van der Waals surface area contributed by atoms with Crippen LogP contribution in [-0.2, 0) is 6.42 Å². The van der Waals surface area contributed by atoms with Gasteiger partial charge in [-0.15, -0.1) is 22.7 Å². The molecule has 0 unspecified atom stereocenters. The number of rotatable bonds is 2. The second kappa shape index (κ2) is 3.96. The maximum Gasteiger partial charge on any atom is 0.0968 e. The second-order valence-electron chi connectivity index (χ2n) is 3.64. The van der Waals surface area contributed by atoms with Gasteiger partial charge in [0.1, 0.15) is 0 Å². The van der Waals surface area contributed by atoms with Crippen molar-refractivity contribution in [3.8, 4) is 0 Å². The van der Waals surface area contributed by atoms with Crippen molar-refractivity contribution in [2.24, 2.45) is 0 Å². The van der Waals surface area contributed by atoms with Crippen LogP contribution >= 0.6 is 22.7 Å². The Kier molecular flexibility index (Phi) is 2.46. The molecule has 3 aromatic rings. The fraction of sp³-hybridized carbons (Fsp3) is 0.167. The molecule has 0 saturated carbocycles. The zero-order valence-corrected chi connectivity index (χ0v) is 10.4. The Morgan fingerprint density at radius 3 is 3.06 bits per heavy atom. The van der Waals surface area contributed by atoms with Gasteiger partial charge in [-0.2, -0.15) is 0 Å². The van der Waals surface area contributed by atoms with Crippen LogP contribution in [0.2, 0.25) is 0 Å². The van der Waals surface area contributed by atoms with Crippen LogP contribution in [0, 0.1) is 6.92 Å². The van der Waals surface area contributed by atoms with Gasteiger partial charge in [-0.25, -0.2) is 9.97 Å². The van der Waals surface area contributed by atoms with E-state index in [4.69, 9.17) is 0 Å². The van der Waals surface area contributed by atoms with Crippen molar-refractivity contribution in [3.05, 3.63) is 45.4 Å². The number of benzene rings is 1. The van der Waals surface area contributed by atoms with E-state index in [1.165, 1.54) is 15.3 Å². The Balaban J connectivity index is 1.98. The first kappa shape index (κ1) is 9.93. The molecule has 80 valence electrons. The molecule has 0 bridgehead atoms. The molecule has 0 spiro atoms. The van der Waals surface area contributed by atoms with Gasteiger partial charge in [0.05, 0.1) is 20.2 Å². The van der Waals surface area contributed by atoms with Crippen molar-refractivity contribution in [2.75, 3.05) is 0 Å². The largest absolute Gasteiger partial charge is 0.249 e. The summed E-state index contributed by atoms with van der Waals surface area (Å²) in [5.74, 6) is 0. The van der Waals surface area contributed by atoms with Crippen LogP contribution in [-0.4, -0.2) is 9.97 Å². The van der Waals surface area contributed by atoms with E-state index in [2.05, 4.69) is 28.2 Å². The van der Waals surface area contributed by atoms with Crippen molar-refractivity contribution in [1.29, 1.82) is 0 Å². The topological polar surface area (TPSA) is 25.8 Å². The van der Waals surface area contributed by atoms with E-state index < -0.39 is 0 Å². The predicted octanol–water partition coefficient (Wildman–Crippen LogP) is 3.65. The first-order valence-electron chi connectivity index (χ1n) is 5.06. The Hall–Kier alpha value is -1.26. The minimum atomic E-state index is 0.921. The van der Waals surface area contributed by atoms with E-state index in [1.54, 1.807) is 22.7 Å². The number of nitrogens with zero attached hydrogens (tertiary/aromatic N) is 2. The van der Waals surface area contributed by atoms with Crippen molar-refractivity contribution in [2.45, 2.75) is 13.3 Å². The van der Waals surface area contributed by atoms with Crippen LogP contribution in [0.1, 0.15) is 15.6 Å². The van der Waals surface area contributed by atoms with E-state index in [-0.39, 0.29) is 0 Å². The average Bonchev–Trinajstić information content (AvgIpc) is 2.85. The fourth-order valence-electron chi connectivity index (χ4n) is 1.71. The summed E-state index contributed by atoms with van der Waals surface area (Å²) in [6, 6.07) is 6.46. The average molecular weight is 246 g/mol. The SMILES string of the molecule is Cc1nc2ccc(Cc3nccs3)cc2s1. The summed E-state index contributed by atoms with van der Waals surface area (Å²) in [5, 5.41) is 4.31. The summed E-state index contributed by atoms with van der Waals surface area (Å²) in [7, 11) is 0. The smallest absolute Gasteiger partial charge is 0.0968 e. The molecule has 0 fully saturated rings. The first-order valence-corrected chi connectivity index (χ1v) is 6.75. The van der Waals surface area contributed by atoms with E-state index in [0.29, 0.717) is 0 Å². The summed E-state index contributed by atoms with van der Waals surface area (Å²) in [4.78, 5) is 8.76. The molecular formula is C12H10N2S2. The summed E-state index contributed by atoms with van der Waals surface area (Å²) >= 11 is 3.46. The molecule has 0 aliphatic rings. The molecule has 2 nitrogen and oxygen atoms in total. The lowest BCUT2D eigenvalue weighted by Crippen LogP contribution is -1.85. The highest BCUT2D eigenvalue weighted by atomic mass is 32.1. The molecule has 2 aromatic heterocycles. The third-order valence-electron chi connectivity index (χ3n) is 2.40. The lowest BCUT2D eigenvalue weighted by molar-refractivity contribution is 1.14. The molecule has 0 N–H and O–H groups in total. The lowest BCUT2D eigenvalue weighted by atomic mass is 10.1. The standard InChI is InChI=1S/C12H10N2S2/c1-8-14-10-3-2-9(6-11(10)16-8)7-12-13-4-5-15-12/h2-6H,7H2,1H3. The van der Waals surface area contributed by atoms with E-state index >= 15 is 0 Å². The van der Waals surface area contributed by atoms with Gasteiger partial charge in [-0.3, -0.25) is 0 Å². The molecule has 2 heterocycles. The summed E-state index contributed by atoms with van der Waals surface area (Å²) < 4.78 is 1.27. The van der Waals surface area contributed by atoms with Crippen LogP contribution in [0.5, 0.6) is 0 Å². The van der Waals surface area contributed by atoms with Crippen molar-refractivity contribution in [3.63, 3.8) is 0 Å². The van der Waals surface area contributed by atoms with Gasteiger partial charge in [-0.1, -0.05) is 6.07 Å². The molecule has 0 saturated heterocycles. The number of thiazole rings is 2. The highest BCUT2D eigenvalue weighted by Crippen LogP contribution is 2.24. The molecule has 0 aliphatic carbocycles. The Bertz CT molecular complexity index is 611. The van der Waals surface area contributed by atoms with Crippen molar-refractivity contribution in [1.82, 2.24) is 9.97 Å². The Morgan fingerprint density at radius 1 is 1.31 bits per heavy atom. The Morgan fingerprint density at radius 2 is 2.25 bits per heavy atom. The van der Waals surface area contributed by atoms with E-state index in [1.807, 2.05) is 18.5 Å². The zero-order valence-electron chi connectivity index (χ0n) is 8.80. The van der Waals surface area contributed by atoms with Gasteiger partial charge in [0.2, 0.25) is 0 Å². The van der Waals surface area contributed by atoms with E-state index in [9.17, 15) is 0 Å². The molecule has 0 atom stereocenters. The quantitative estimate of drug-likeness (QED) is 0.689. The van der Waals surface area contributed by atoms with Crippen LogP contribution in [0.4, 0.5) is 0 Å². The van der Waals surface area contributed by atoms with Crippen LogP contribution in [0.3, 0.4) is 0 Å². The van der Waals surface area contributed by atoms with Gasteiger partial charge in [-0.05, 0) is 24.6 Å². The van der Waals surface area contributed by atoms with Crippen LogP contribution < -0.4 is 0 Å². The van der Waals surface area contributed by atoms with Crippen LogP contribution in [0.25, 0.3) is 10.2 Å². The van der Waals surface area contributed by atoms with Gasteiger partial charge in [0.25, 0.3) is 0 Å². The zero-order chi connectivity index (χ0) is 11.0. The molecule has 16 heavy (non-hydrogen) atoms. The molecular weight excluding hydrogens is 236 g/mol. The minimum Gasteiger partial charge on any atom is -0.249 e. The monoisotopic (exact) mass is 246 g/mol. The summed E-state index contributed by atoms with van der Waals surface area (Å²) in [5.41, 5.74) is 2.41. The normalized spacial score (nSPS) is 11.1.